The van der Waals surface area contributed by atoms with Crippen LogP contribution >= 0.6 is 7.60 Å². The molecule has 1 N–H and O–H groups in total. The lowest BCUT2D eigenvalue weighted by molar-refractivity contribution is 0.366. The molecule has 2 atom stereocenters. The highest BCUT2D eigenvalue weighted by atomic mass is 31.2. The number of para-hydroxylation sites is 1. The van der Waals surface area contributed by atoms with Crippen molar-refractivity contribution in [2.24, 2.45) is 0 Å². The Labute approximate surface area is 84.3 Å². The second-order valence-electron chi connectivity index (χ2n) is 3.23. The fraction of sp³-hybridized carbons (Fsp3) is 0.400. The van der Waals surface area contributed by atoms with Gasteiger partial charge in [-0.25, -0.2) is 4.57 Å². The van der Waals surface area contributed by atoms with E-state index in [2.05, 4.69) is 0 Å². The van der Waals surface area contributed by atoms with E-state index in [-0.39, 0.29) is 5.66 Å². The Morgan fingerprint density at radius 3 is 2.50 bits per heavy atom. The van der Waals surface area contributed by atoms with Crippen LogP contribution in [0.4, 0.5) is 0 Å². The minimum atomic E-state index is -3.51. The molecule has 0 spiro atoms. The van der Waals surface area contributed by atoms with E-state index < -0.39 is 7.60 Å². The van der Waals surface area contributed by atoms with Crippen LogP contribution in [0.25, 0.3) is 0 Å². The molecule has 14 heavy (non-hydrogen) atoms. The van der Waals surface area contributed by atoms with Gasteiger partial charge in [0.1, 0.15) is 5.75 Å². The van der Waals surface area contributed by atoms with E-state index in [9.17, 15) is 9.46 Å². The Kier molecular flexibility index (Phi) is 3.73. The van der Waals surface area contributed by atoms with Crippen molar-refractivity contribution in [1.82, 2.24) is 0 Å². The first-order valence-corrected chi connectivity index (χ1v) is 6.28. The summed E-state index contributed by atoms with van der Waals surface area (Å²) in [6.07, 6.45) is 0.626. The Hall–Kier alpha value is -0.790. The van der Waals surface area contributed by atoms with Gasteiger partial charge in [0, 0.05) is 0 Å². The van der Waals surface area contributed by atoms with E-state index in [0.29, 0.717) is 12.2 Å². The summed E-state index contributed by atoms with van der Waals surface area (Å²) in [5, 5.41) is 0. The van der Waals surface area contributed by atoms with Crippen LogP contribution in [-0.2, 0) is 4.57 Å². The molecule has 78 valence electrons. The Balaban J connectivity index is 2.74. The molecule has 0 heterocycles. The first kappa shape index (κ1) is 11.3. The lowest BCUT2D eigenvalue weighted by atomic mass is 10.3. The predicted octanol–water partition coefficient (Wildman–Crippen LogP) is 3.05. The Bertz CT molecular complexity index is 323. The van der Waals surface area contributed by atoms with Gasteiger partial charge in [0.25, 0.3) is 0 Å². The molecule has 0 bridgehead atoms. The molecular formula is C10H15O3P. The van der Waals surface area contributed by atoms with E-state index >= 15 is 0 Å². The van der Waals surface area contributed by atoms with Gasteiger partial charge in [-0.05, 0) is 25.5 Å². The van der Waals surface area contributed by atoms with Gasteiger partial charge in [-0.15, -0.1) is 0 Å². The van der Waals surface area contributed by atoms with Gasteiger partial charge in [0.2, 0.25) is 0 Å². The molecule has 0 saturated carbocycles. The minimum absolute atomic E-state index is 0.331. The van der Waals surface area contributed by atoms with Crippen LogP contribution in [0, 0.1) is 0 Å². The van der Waals surface area contributed by atoms with Crippen LogP contribution < -0.4 is 4.52 Å². The third-order valence-electron chi connectivity index (χ3n) is 2.13. The zero-order valence-corrected chi connectivity index (χ0v) is 9.28. The van der Waals surface area contributed by atoms with Crippen molar-refractivity contribution in [2.75, 3.05) is 0 Å². The highest BCUT2D eigenvalue weighted by Crippen LogP contribution is 2.48. The van der Waals surface area contributed by atoms with Crippen molar-refractivity contribution in [1.29, 1.82) is 0 Å². The molecular weight excluding hydrogens is 199 g/mol. The maximum absolute atomic E-state index is 11.6. The summed E-state index contributed by atoms with van der Waals surface area (Å²) >= 11 is 0. The SMILES string of the molecule is CCC(C)P(=O)(O)Oc1ccccc1. The third-order valence-corrected chi connectivity index (χ3v) is 4.08. The summed E-state index contributed by atoms with van der Waals surface area (Å²) in [5.41, 5.74) is -0.331. The Morgan fingerprint density at radius 1 is 1.43 bits per heavy atom. The van der Waals surface area contributed by atoms with Crippen molar-refractivity contribution in [2.45, 2.75) is 25.9 Å². The monoisotopic (exact) mass is 214 g/mol. The molecule has 4 heteroatoms. The second-order valence-corrected chi connectivity index (χ2v) is 5.42. The van der Waals surface area contributed by atoms with E-state index in [4.69, 9.17) is 4.52 Å². The van der Waals surface area contributed by atoms with Gasteiger partial charge in [-0.1, -0.05) is 25.1 Å². The molecule has 3 nitrogen and oxygen atoms in total. The fourth-order valence-electron chi connectivity index (χ4n) is 0.953. The quantitative estimate of drug-likeness (QED) is 0.783. The molecule has 1 aromatic carbocycles. The van der Waals surface area contributed by atoms with Gasteiger partial charge in [0.05, 0.1) is 5.66 Å². The van der Waals surface area contributed by atoms with Crippen molar-refractivity contribution in [3.8, 4) is 5.75 Å². The van der Waals surface area contributed by atoms with Crippen LogP contribution in [0.5, 0.6) is 5.75 Å². The third kappa shape index (κ3) is 2.86. The summed E-state index contributed by atoms with van der Waals surface area (Å²) < 4.78 is 16.7. The maximum atomic E-state index is 11.6. The van der Waals surface area contributed by atoms with Crippen LogP contribution in [0.3, 0.4) is 0 Å². The van der Waals surface area contributed by atoms with E-state index in [1.165, 1.54) is 0 Å². The van der Waals surface area contributed by atoms with Gasteiger partial charge in [0.15, 0.2) is 0 Å². The molecule has 0 fully saturated rings. The van der Waals surface area contributed by atoms with Crippen molar-refractivity contribution in [3.05, 3.63) is 30.3 Å². The van der Waals surface area contributed by atoms with Crippen LogP contribution in [-0.4, -0.2) is 10.6 Å². The second kappa shape index (κ2) is 4.63. The topological polar surface area (TPSA) is 46.5 Å². The lowest BCUT2D eigenvalue weighted by Gasteiger charge is -2.18. The van der Waals surface area contributed by atoms with E-state index in [1.54, 1.807) is 31.2 Å². The first-order valence-electron chi connectivity index (χ1n) is 4.63. The zero-order valence-electron chi connectivity index (χ0n) is 8.38. The number of hydrogen-bond donors (Lipinski definition) is 1. The molecule has 1 rings (SSSR count). The van der Waals surface area contributed by atoms with Gasteiger partial charge in [-0.3, -0.25) is 0 Å². The number of hydrogen-bond acceptors (Lipinski definition) is 2. The van der Waals surface area contributed by atoms with Crippen molar-refractivity contribution in [3.63, 3.8) is 0 Å². The van der Waals surface area contributed by atoms with E-state index in [0.717, 1.165) is 0 Å². The smallest absolute Gasteiger partial charge is 0.379 e. The molecule has 0 aliphatic carbocycles. The lowest BCUT2D eigenvalue weighted by Crippen LogP contribution is -2.06. The first-order chi connectivity index (χ1) is 6.56. The van der Waals surface area contributed by atoms with Crippen LogP contribution in [0.15, 0.2) is 30.3 Å². The van der Waals surface area contributed by atoms with Gasteiger partial charge >= 0.3 is 7.60 Å². The standard InChI is InChI=1S/C10H15O3P/c1-3-9(2)14(11,12)13-10-7-5-4-6-8-10/h4-9H,3H2,1-2H3,(H,11,12). The summed E-state index contributed by atoms with van der Waals surface area (Å²) in [7, 11) is -3.51. The number of benzene rings is 1. The van der Waals surface area contributed by atoms with Crippen LogP contribution in [0.2, 0.25) is 0 Å². The van der Waals surface area contributed by atoms with Gasteiger partial charge < -0.3 is 9.42 Å². The molecule has 0 aromatic heterocycles. The maximum Gasteiger partial charge on any atom is 0.379 e. The summed E-state index contributed by atoms with van der Waals surface area (Å²) in [5.74, 6) is 0.443. The predicted molar refractivity (Wildman–Crippen MR) is 56.6 cm³/mol. The molecule has 1 aromatic rings. The highest BCUT2D eigenvalue weighted by molar-refractivity contribution is 7.54. The average molecular weight is 214 g/mol. The van der Waals surface area contributed by atoms with Gasteiger partial charge in [-0.2, -0.15) is 0 Å². The normalized spacial score (nSPS) is 17.1. The Morgan fingerprint density at radius 2 is 2.00 bits per heavy atom. The summed E-state index contributed by atoms with van der Waals surface area (Å²) in [6, 6.07) is 8.72. The molecule has 0 amide bonds. The zero-order chi connectivity index (χ0) is 10.6. The highest BCUT2D eigenvalue weighted by Gasteiger charge is 2.28. The minimum Gasteiger partial charge on any atom is -0.424 e. The fourth-order valence-corrected chi connectivity index (χ4v) is 2.02. The van der Waals surface area contributed by atoms with E-state index in [1.807, 2.05) is 13.0 Å². The molecule has 0 aliphatic rings. The molecule has 0 saturated heterocycles. The van der Waals surface area contributed by atoms with Crippen molar-refractivity contribution < 1.29 is 14.0 Å². The molecule has 0 radical (unpaired) electrons. The number of rotatable bonds is 4. The van der Waals surface area contributed by atoms with Crippen molar-refractivity contribution >= 4 is 7.60 Å². The summed E-state index contributed by atoms with van der Waals surface area (Å²) in [6.45, 7) is 3.58. The van der Waals surface area contributed by atoms with Crippen LogP contribution in [0.1, 0.15) is 20.3 Å². The summed E-state index contributed by atoms with van der Waals surface area (Å²) in [4.78, 5) is 9.57. The molecule has 2 unspecified atom stereocenters. The molecule has 0 aliphatic heterocycles. The largest absolute Gasteiger partial charge is 0.424 e. The average Bonchev–Trinajstić information content (AvgIpc) is 2.17.